The summed E-state index contributed by atoms with van der Waals surface area (Å²) in [5.41, 5.74) is 0. The molecule has 2 heteroatoms. The highest BCUT2D eigenvalue weighted by atomic mass is 32.2. The molecular formula is C10H19NS. The van der Waals surface area contributed by atoms with Crippen molar-refractivity contribution in [2.24, 2.45) is 17.0 Å². The molecule has 0 amide bonds. The largest absolute Gasteiger partial charge is 0.278 e. The number of hydrogen-bond donors (Lipinski definition) is 1. The summed E-state index contributed by atoms with van der Waals surface area (Å²) in [4.78, 5) is 0. The van der Waals surface area contributed by atoms with Crippen LogP contribution in [0.25, 0.3) is 0 Å². The van der Waals surface area contributed by atoms with Crippen molar-refractivity contribution in [3.05, 3.63) is 12.7 Å². The zero-order valence-electron chi connectivity index (χ0n) is 7.83. The molecule has 0 spiro atoms. The second-order valence-electron chi connectivity index (χ2n) is 3.79. The van der Waals surface area contributed by atoms with Crippen LogP contribution in [0.3, 0.4) is 0 Å². The molecule has 1 fully saturated rings. The lowest BCUT2D eigenvalue weighted by molar-refractivity contribution is 0.268. The van der Waals surface area contributed by atoms with Gasteiger partial charge in [0.2, 0.25) is 0 Å². The monoisotopic (exact) mass is 185 g/mol. The number of hydrogen-bond acceptors (Lipinski definition) is 2. The first-order valence-electron chi connectivity index (χ1n) is 4.76. The van der Waals surface area contributed by atoms with Crippen LogP contribution < -0.4 is 5.14 Å². The van der Waals surface area contributed by atoms with E-state index in [1.807, 2.05) is 6.08 Å². The molecule has 0 bridgehead atoms. The fraction of sp³-hybridized carbons (Fsp3) is 0.800. The molecule has 0 aliphatic heterocycles. The minimum atomic E-state index is 0.664. The number of allylic oxidation sites excluding steroid dienone is 1. The van der Waals surface area contributed by atoms with Gasteiger partial charge in [0, 0.05) is 5.25 Å². The first-order chi connectivity index (χ1) is 5.79. The maximum atomic E-state index is 5.70. The van der Waals surface area contributed by atoms with Crippen molar-refractivity contribution in [3.8, 4) is 0 Å². The van der Waals surface area contributed by atoms with Gasteiger partial charge in [0.1, 0.15) is 0 Å². The van der Waals surface area contributed by atoms with E-state index < -0.39 is 0 Å². The molecule has 0 radical (unpaired) electrons. The van der Waals surface area contributed by atoms with Gasteiger partial charge in [-0.15, -0.1) is 6.58 Å². The third kappa shape index (κ3) is 2.27. The molecule has 1 unspecified atom stereocenters. The first kappa shape index (κ1) is 10.1. The van der Waals surface area contributed by atoms with Gasteiger partial charge in [-0.05, 0) is 31.1 Å². The van der Waals surface area contributed by atoms with Crippen LogP contribution in [-0.4, -0.2) is 5.25 Å². The molecule has 12 heavy (non-hydrogen) atoms. The molecule has 0 aromatic heterocycles. The van der Waals surface area contributed by atoms with Crippen molar-refractivity contribution in [3.63, 3.8) is 0 Å². The van der Waals surface area contributed by atoms with Crippen molar-refractivity contribution in [2.75, 3.05) is 0 Å². The lowest BCUT2D eigenvalue weighted by Gasteiger charge is -2.35. The van der Waals surface area contributed by atoms with Crippen LogP contribution in [0, 0.1) is 11.8 Å². The molecule has 0 saturated heterocycles. The Kier molecular flexibility index (Phi) is 4.16. The van der Waals surface area contributed by atoms with Gasteiger partial charge in [0.15, 0.2) is 0 Å². The van der Waals surface area contributed by atoms with Crippen molar-refractivity contribution in [1.82, 2.24) is 0 Å². The van der Waals surface area contributed by atoms with Gasteiger partial charge in [-0.2, -0.15) is 0 Å². The van der Waals surface area contributed by atoms with Crippen LogP contribution in [0.15, 0.2) is 12.7 Å². The van der Waals surface area contributed by atoms with E-state index in [9.17, 15) is 0 Å². The Hall–Kier alpha value is 0.0500. The smallest absolute Gasteiger partial charge is 0.0247 e. The second kappa shape index (κ2) is 4.93. The summed E-state index contributed by atoms with van der Waals surface area (Å²) in [5, 5.41) is 6.36. The van der Waals surface area contributed by atoms with E-state index in [2.05, 4.69) is 13.5 Å². The van der Waals surface area contributed by atoms with Crippen molar-refractivity contribution >= 4 is 11.9 Å². The van der Waals surface area contributed by atoms with E-state index in [-0.39, 0.29) is 0 Å². The van der Waals surface area contributed by atoms with E-state index >= 15 is 0 Å². The predicted octanol–water partition coefficient (Wildman–Crippen LogP) is 2.97. The van der Waals surface area contributed by atoms with Gasteiger partial charge in [0.25, 0.3) is 0 Å². The van der Waals surface area contributed by atoms with Crippen molar-refractivity contribution < 1.29 is 0 Å². The Morgan fingerprint density at radius 3 is 2.67 bits per heavy atom. The summed E-state index contributed by atoms with van der Waals surface area (Å²) in [6.07, 6.45) is 7.28. The molecular weight excluding hydrogens is 166 g/mol. The van der Waals surface area contributed by atoms with E-state index in [0.717, 1.165) is 12.3 Å². The van der Waals surface area contributed by atoms with E-state index in [0.29, 0.717) is 11.2 Å². The summed E-state index contributed by atoms with van der Waals surface area (Å²) in [6.45, 7) is 6.05. The van der Waals surface area contributed by atoms with Gasteiger partial charge in [-0.3, -0.25) is 5.14 Å². The minimum absolute atomic E-state index is 0.664. The number of nitrogens with two attached hydrogens (primary N) is 1. The molecule has 70 valence electrons. The average Bonchev–Trinajstić information content (AvgIpc) is 1.96. The highest BCUT2D eigenvalue weighted by Gasteiger charge is 2.30. The third-order valence-electron chi connectivity index (χ3n) is 2.87. The fourth-order valence-corrected chi connectivity index (χ4v) is 2.75. The van der Waals surface area contributed by atoms with Gasteiger partial charge in [-0.25, -0.2) is 0 Å². The van der Waals surface area contributed by atoms with E-state index in [1.165, 1.54) is 19.3 Å². The zero-order valence-corrected chi connectivity index (χ0v) is 8.65. The molecule has 0 aromatic carbocycles. The quantitative estimate of drug-likeness (QED) is 0.526. The SMILES string of the molecule is C=CC[C@H](C)C(SN)C1CCC1. The first-order valence-corrected chi connectivity index (χ1v) is 5.70. The van der Waals surface area contributed by atoms with Gasteiger partial charge < -0.3 is 0 Å². The van der Waals surface area contributed by atoms with Crippen LogP contribution in [0.1, 0.15) is 32.6 Å². The summed E-state index contributed by atoms with van der Waals surface area (Å²) < 4.78 is 0. The fourth-order valence-electron chi connectivity index (χ4n) is 1.88. The lowest BCUT2D eigenvalue weighted by atomic mass is 9.78. The zero-order chi connectivity index (χ0) is 8.97. The Balaban J connectivity index is 2.36. The highest BCUT2D eigenvalue weighted by Crippen LogP contribution is 2.38. The third-order valence-corrected chi connectivity index (χ3v) is 4.03. The van der Waals surface area contributed by atoms with E-state index in [4.69, 9.17) is 5.14 Å². The maximum absolute atomic E-state index is 5.70. The minimum Gasteiger partial charge on any atom is -0.278 e. The van der Waals surface area contributed by atoms with Crippen molar-refractivity contribution in [1.29, 1.82) is 0 Å². The molecule has 0 heterocycles. The summed E-state index contributed by atoms with van der Waals surface area (Å²) in [6, 6.07) is 0. The van der Waals surface area contributed by atoms with Crippen LogP contribution in [0.4, 0.5) is 0 Å². The summed E-state index contributed by atoms with van der Waals surface area (Å²) in [7, 11) is 0. The predicted molar refractivity (Wildman–Crippen MR) is 56.9 cm³/mol. The Labute approximate surface area is 79.9 Å². The standard InChI is InChI=1S/C10H19NS/c1-3-5-8(2)10(12-11)9-6-4-7-9/h3,8-10H,1,4-7,11H2,2H3/t8-,10?/m0/s1. The highest BCUT2D eigenvalue weighted by molar-refractivity contribution is 7.97. The molecule has 2 N–H and O–H groups in total. The lowest BCUT2D eigenvalue weighted by Crippen LogP contribution is -2.30. The Bertz CT molecular complexity index is 143. The maximum Gasteiger partial charge on any atom is 0.0247 e. The molecule has 2 atom stereocenters. The van der Waals surface area contributed by atoms with Gasteiger partial charge in [0.05, 0.1) is 0 Å². The van der Waals surface area contributed by atoms with Crippen LogP contribution >= 0.6 is 11.9 Å². The van der Waals surface area contributed by atoms with Crippen LogP contribution in [-0.2, 0) is 0 Å². The topological polar surface area (TPSA) is 26.0 Å². The van der Waals surface area contributed by atoms with Gasteiger partial charge >= 0.3 is 0 Å². The van der Waals surface area contributed by atoms with Crippen molar-refractivity contribution in [2.45, 2.75) is 37.9 Å². The number of rotatable bonds is 5. The van der Waals surface area contributed by atoms with E-state index in [1.54, 1.807) is 11.9 Å². The normalized spacial score (nSPS) is 22.8. The molecule has 1 aliphatic rings. The molecule has 1 nitrogen and oxygen atoms in total. The van der Waals surface area contributed by atoms with Crippen LogP contribution in [0.5, 0.6) is 0 Å². The Morgan fingerprint density at radius 1 is 1.67 bits per heavy atom. The Morgan fingerprint density at radius 2 is 2.33 bits per heavy atom. The molecule has 0 aromatic rings. The molecule has 1 rings (SSSR count). The van der Waals surface area contributed by atoms with Gasteiger partial charge in [-0.1, -0.05) is 31.4 Å². The molecule has 1 aliphatic carbocycles. The summed E-state index contributed by atoms with van der Waals surface area (Å²) >= 11 is 1.55. The van der Waals surface area contributed by atoms with Crippen LogP contribution in [0.2, 0.25) is 0 Å². The average molecular weight is 185 g/mol. The second-order valence-corrected chi connectivity index (χ2v) is 4.61. The summed E-state index contributed by atoms with van der Waals surface area (Å²) in [5.74, 6) is 1.58. The molecule has 1 saturated carbocycles.